The highest BCUT2D eigenvalue weighted by Gasteiger charge is 2.26. The van der Waals surface area contributed by atoms with Crippen molar-refractivity contribution >= 4 is 94.3 Å². The average Bonchev–Trinajstić information content (AvgIpc) is 0.954. The van der Waals surface area contributed by atoms with Crippen molar-refractivity contribution in [3.8, 4) is 51.7 Å². The number of carbonyl (C=O) groups is 13. The summed E-state index contributed by atoms with van der Waals surface area (Å²) in [6, 6.07) is 78.8. The van der Waals surface area contributed by atoms with E-state index in [-0.39, 0.29) is 96.5 Å². The predicted molar refractivity (Wildman–Crippen MR) is 517 cm³/mol. The molecule has 0 bridgehead atoms. The summed E-state index contributed by atoms with van der Waals surface area (Å²) in [5, 5.41) is 45.4. The van der Waals surface area contributed by atoms with Crippen LogP contribution in [0.4, 0.5) is 17.1 Å². The second kappa shape index (κ2) is 51.9. The zero-order chi connectivity index (χ0) is 100.0. The number of carboxylic acids is 4. The Morgan fingerprint density at radius 3 is 0.814 bits per heavy atom. The van der Waals surface area contributed by atoms with Crippen molar-refractivity contribution in [1.82, 2.24) is 14.7 Å². The van der Waals surface area contributed by atoms with E-state index in [4.69, 9.17) is 47.7 Å². The second-order valence-corrected chi connectivity index (χ2v) is 32.5. The number of carboxylic acid groups (broad SMARTS) is 4. The Balaban J connectivity index is 0.000000201. The van der Waals surface area contributed by atoms with Crippen molar-refractivity contribution in [1.29, 1.82) is 0 Å². The van der Waals surface area contributed by atoms with Gasteiger partial charge in [-0.05, 0) is 290 Å². The van der Waals surface area contributed by atoms with Crippen molar-refractivity contribution in [2.75, 3.05) is 70.1 Å². The van der Waals surface area contributed by atoms with Crippen LogP contribution >= 0.6 is 0 Å². The van der Waals surface area contributed by atoms with Crippen LogP contribution in [0.3, 0.4) is 0 Å². The molecule has 32 nitrogen and oxygen atoms in total. The van der Waals surface area contributed by atoms with Crippen LogP contribution in [0, 0.1) is 5.92 Å². The maximum absolute atomic E-state index is 13.3. The number of ether oxygens (including phenoxy) is 9. The van der Waals surface area contributed by atoms with E-state index in [1.165, 1.54) is 95.4 Å². The van der Waals surface area contributed by atoms with Gasteiger partial charge in [0.2, 0.25) is 17.7 Å². The number of benzene rings is 12. The molecular formula is C108H104N6O26. The SMILES string of the molecule is COc1ccc(CC(=O)Nc2ccc(C(=O)N(CC(=O)O)Cc3ccc(OC(=O)c4ccc(OC5CCCC5)cc4)cc3)cc2)cc1.COc1ccc(CC(=O)Nc2ccc(C(=O)N(CC(=O)O)Cc3ccc(OC(=O)c4ccc(OCC(=O)O)cc4)cc3)cc2)cc1.COc1ccc(CC(=O)Nc2ccc(C(=O)N(CC(=O)O)Cc3ccc(OC(=O)c4ccc(OCCC(C)C)cc4)cc3)cc2)cc1. The highest BCUT2D eigenvalue weighted by atomic mass is 16.5. The van der Waals surface area contributed by atoms with Crippen LogP contribution in [0.5, 0.6) is 51.7 Å². The molecule has 1 aliphatic carbocycles. The smallest absolute Gasteiger partial charge is 0.343 e. The van der Waals surface area contributed by atoms with Crippen LogP contribution in [-0.4, -0.2) is 173 Å². The largest absolute Gasteiger partial charge is 0.497 e. The van der Waals surface area contributed by atoms with E-state index in [1.807, 2.05) is 24.3 Å². The lowest BCUT2D eigenvalue weighted by Gasteiger charge is -2.21. The maximum atomic E-state index is 13.3. The van der Waals surface area contributed by atoms with Crippen molar-refractivity contribution in [2.24, 2.45) is 5.92 Å². The van der Waals surface area contributed by atoms with Gasteiger partial charge in [0.05, 0.1) is 70.0 Å². The highest BCUT2D eigenvalue weighted by molar-refractivity contribution is 6.01. The summed E-state index contributed by atoms with van der Waals surface area (Å²) in [5.74, 6) is -3.40. The summed E-state index contributed by atoms with van der Waals surface area (Å²) in [7, 11) is 4.71. The average molecular weight is 1900 g/mol. The van der Waals surface area contributed by atoms with Crippen LogP contribution in [-0.2, 0) is 72.5 Å². The fraction of sp³-hybridized carbons (Fsp3) is 0.213. The minimum Gasteiger partial charge on any atom is -0.497 e. The minimum atomic E-state index is -1.19. The number of carbonyl (C=O) groups excluding carboxylic acids is 9. The zero-order valence-corrected chi connectivity index (χ0v) is 77.3. The predicted octanol–water partition coefficient (Wildman–Crippen LogP) is 16.7. The summed E-state index contributed by atoms with van der Waals surface area (Å²) in [6.45, 7) is 2.74. The fourth-order valence-corrected chi connectivity index (χ4v) is 14.1. The monoisotopic (exact) mass is 1900 g/mol. The van der Waals surface area contributed by atoms with Gasteiger partial charge >= 0.3 is 41.8 Å². The first-order valence-corrected chi connectivity index (χ1v) is 44.4. The molecule has 1 fully saturated rings. The normalized spacial score (nSPS) is 11.2. The Morgan fingerprint density at radius 2 is 0.550 bits per heavy atom. The summed E-state index contributed by atoms with van der Waals surface area (Å²) >= 11 is 0. The molecule has 0 radical (unpaired) electrons. The molecule has 1 aliphatic rings. The van der Waals surface area contributed by atoms with Crippen molar-refractivity contribution in [3.63, 3.8) is 0 Å². The molecule has 12 aromatic rings. The Bertz CT molecular complexity index is 6220. The van der Waals surface area contributed by atoms with E-state index in [2.05, 4.69) is 29.8 Å². The number of hydrogen-bond acceptors (Lipinski definition) is 22. The first kappa shape index (κ1) is 103. The maximum Gasteiger partial charge on any atom is 0.343 e. The Hall–Kier alpha value is -17.5. The molecule has 0 spiro atoms. The number of nitrogens with zero attached hydrogens (tertiary/aromatic N) is 3. The molecule has 0 saturated heterocycles. The molecule has 722 valence electrons. The summed E-state index contributed by atoms with van der Waals surface area (Å²) in [5.41, 5.74) is 7.54. The van der Waals surface area contributed by atoms with E-state index in [0.717, 1.165) is 46.6 Å². The van der Waals surface area contributed by atoms with E-state index < -0.39 is 85.7 Å². The summed E-state index contributed by atoms with van der Waals surface area (Å²) in [6.07, 6.45) is 6.07. The van der Waals surface area contributed by atoms with Crippen LogP contribution in [0.25, 0.3) is 0 Å². The van der Waals surface area contributed by atoms with Gasteiger partial charge in [-0.3, -0.25) is 43.2 Å². The molecule has 12 aromatic carbocycles. The first-order chi connectivity index (χ1) is 67.4. The van der Waals surface area contributed by atoms with E-state index in [1.54, 1.807) is 215 Å². The minimum absolute atomic E-state index is 0.0119. The standard InChI is InChI=1S/C37H36N2O8.C37H38N2O8.C34H30N2O10/c1-45-30-16-6-25(7-17-30)22-34(40)38-29-14-10-27(11-15-29)36(43)39(24-35(41)42)23-26-8-18-33(19-9-26)47-37(44)28-12-20-32(21-13-28)46-31-4-2-3-5-31;1-25(2)20-21-46-32-18-10-29(11-19-32)37(44)47-33-16-6-27(7-17-33)23-39(24-35(41)42)36(43)28-8-12-30(13-9-28)38-34(40)22-26-4-14-31(45-3)15-5-26;1-44-27-12-2-22(3-13-27)18-30(37)35-26-10-6-24(7-11-26)33(42)36(20-31(38)39)19-23-4-14-29(15-5-23)46-34(43)25-8-16-28(17-9-25)45-21-32(40)41/h6-21,31H,2-5,22-24H2,1H3,(H,38,40)(H,41,42);4-19,25H,20-24H2,1-3H3,(H,38,40)(H,41,42);2-17H,18-21H2,1H3,(H,35,37)(H,38,39)(H,40,41). The zero-order valence-electron chi connectivity index (χ0n) is 77.3. The number of amides is 6. The molecule has 13 rings (SSSR count). The van der Waals surface area contributed by atoms with E-state index >= 15 is 0 Å². The highest BCUT2D eigenvalue weighted by Crippen LogP contribution is 2.29. The van der Waals surface area contributed by atoms with Gasteiger partial charge in [0.25, 0.3) is 17.7 Å². The lowest BCUT2D eigenvalue weighted by Crippen LogP contribution is -2.35. The number of rotatable bonds is 42. The molecule has 0 aliphatic heterocycles. The van der Waals surface area contributed by atoms with Gasteiger partial charge < -0.3 is 93.7 Å². The number of anilines is 3. The molecule has 0 aromatic heterocycles. The summed E-state index contributed by atoms with van der Waals surface area (Å²) < 4.78 is 48.4. The molecule has 0 heterocycles. The van der Waals surface area contributed by atoms with E-state index in [0.29, 0.717) is 91.9 Å². The number of hydrogen-bond donors (Lipinski definition) is 7. The first-order valence-electron chi connectivity index (χ1n) is 44.4. The van der Waals surface area contributed by atoms with Gasteiger partial charge in [-0.25, -0.2) is 19.2 Å². The lowest BCUT2D eigenvalue weighted by molar-refractivity contribution is -0.140. The molecule has 7 N–H and O–H groups in total. The molecule has 6 amide bonds. The van der Waals surface area contributed by atoms with Crippen molar-refractivity contribution < 1.29 is 125 Å². The molecule has 0 unspecified atom stereocenters. The quantitative estimate of drug-likeness (QED) is 0.0138. The second-order valence-electron chi connectivity index (χ2n) is 32.5. The van der Waals surface area contributed by atoms with Crippen molar-refractivity contribution in [3.05, 3.63) is 358 Å². The van der Waals surface area contributed by atoms with Crippen molar-refractivity contribution in [2.45, 2.75) is 91.0 Å². The van der Waals surface area contributed by atoms with Crippen LogP contribution in [0.15, 0.2) is 291 Å². The molecule has 0 atom stereocenters. The topological polar surface area (TPSA) is 432 Å². The molecule has 32 heteroatoms. The van der Waals surface area contributed by atoms with Gasteiger partial charge in [0, 0.05) is 53.4 Å². The van der Waals surface area contributed by atoms with E-state index in [9.17, 15) is 77.6 Å². The van der Waals surface area contributed by atoms with Gasteiger partial charge in [0.15, 0.2) is 6.61 Å². The Labute approximate surface area is 806 Å². The third kappa shape index (κ3) is 33.6. The number of esters is 3. The van der Waals surface area contributed by atoms with Gasteiger partial charge in [-0.15, -0.1) is 0 Å². The number of methoxy groups -OCH3 is 3. The van der Waals surface area contributed by atoms with Gasteiger partial charge in [0.1, 0.15) is 71.4 Å². The Morgan fingerprint density at radius 1 is 0.300 bits per heavy atom. The van der Waals surface area contributed by atoms with Gasteiger partial charge in [-0.2, -0.15) is 0 Å². The fourth-order valence-electron chi connectivity index (χ4n) is 14.1. The van der Waals surface area contributed by atoms with Gasteiger partial charge in [-0.1, -0.05) is 86.6 Å². The number of aliphatic carboxylic acids is 4. The molecular weight excluding hydrogens is 1800 g/mol. The summed E-state index contributed by atoms with van der Waals surface area (Å²) in [4.78, 5) is 164. The lowest BCUT2D eigenvalue weighted by atomic mass is 10.1. The van der Waals surface area contributed by atoms with Crippen LogP contribution in [0.1, 0.15) is 141 Å². The third-order valence-electron chi connectivity index (χ3n) is 21.4. The van der Waals surface area contributed by atoms with Crippen LogP contribution in [0.2, 0.25) is 0 Å². The Kier molecular flexibility index (Phi) is 38.2. The third-order valence-corrected chi connectivity index (χ3v) is 21.4. The van der Waals surface area contributed by atoms with Crippen LogP contribution < -0.4 is 58.6 Å². The number of nitrogens with one attached hydrogen (secondary N) is 3. The molecule has 1 saturated carbocycles. The molecule has 140 heavy (non-hydrogen) atoms.